The fraction of sp³-hybridized carbons (Fsp3) is 0.462. The fourth-order valence-electron chi connectivity index (χ4n) is 1.65. The zero-order chi connectivity index (χ0) is 13.4. The Labute approximate surface area is 106 Å². The third-order valence-corrected chi connectivity index (χ3v) is 2.65. The van der Waals surface area contributed by atoms with Gasteiger partial charge in [-0.05, 0) is 24.1 Å². The van der Waals surface area contributed by atoms with Gasteiger partial charge >= 0.3 is 5.97 Å². The van der Waals surface area contributed by atoms with Gasteiger partial charge in [0.2, 0.25) is 5.91 Å². The number of carbonyl (C=O) groups excluding carboxylic acids is 1. The summed E-state index contributed by atoms with van der Waals surface area (Å²) < 4.78 is 0. The summed E-state index contributed by atoms with van der Waals surface area (Å²) in [5.41, 5.74) is 0.866. The number of hydrogen-bond donors (Lipinski definition) is 2. The number of hydrogen-bond acceptors (Lipinski definition) is 3. The molecule has 0 aliphatic heterocycles. The molecule has 0 aliphatic rings. The second-order valence-electron chi connectivity index (χ2n) is 4.16. The highest BCUT2D eigenvalue weighted by Crippen LogP contribution is 2.05. The van der Waals surface area contributed by atoms with Crippen molar-refractivity contribution in [3.05, 3.63) is 30.1 Å². The number of aromatic nitrogens is 1. The maximum atomic E-state index is 11.6. The molecule has 1 aromatic heterocycles. The maximum Gasteiger partial charge on any atom is 0.308 e. The van der Waals surface area contributed by atoms with Crippen LogP contribution in [0.4, 0.5) is 0 Å². The van der Waals surface area contributed by atoms with Crippen LogP contribution in [0, 0.1) is 5.92 Å². The second-order valence-corrected chi connectivity index (χ2v) is 4.16. The van der Waals surface area contributed by atoms with Gasteiger partial charge < -0.3 is 10.4 Å². The van der Waals surface area contributed by atoms with E-state index in [1.54, 1.807) is 24.5 Å². The van der Waals surface area contributed by atoms with E-state index in [2.05, 4.69) is 10.3 Å². The quantitative estimate of drug-likeness (QED) is 0.763. The Bertz CT molecular complexity index is 392. The summed E-state index contributed by atoms with van der Waals surface area (Å²) in [5, 5.41) is 11.6. The molecule has 0 fully saturated rings. The topological polar surface area (TPSA) is 79.3 Å². The van der Waals surface area contributed by atoms with E-state index in [4.69, 9.17) is 5.11 Å². The third-order valence-electron chi connectivity index (χ3n) is 2.65. The Kier molecular flexibility index (Phi) is 5.84. The minimum atomic E-state index is -0.860. The molecule has 0 bridgehead atoms. The Morgan fingerprint density at radius 1 is 1.39 bits per heavy atom. The number of pyridine rings is 1. The predicted octanol–water partition coefficient (Wildman–Crippen LogP) is 1.24. The van der Waals surface area contributed by atoms with Gasteiger partial charge in [0.15, 0.2) is 0 Å². The van der Waals surface area contributed by atoms with Crippen LogP contribution in [0.25, 0.3) is 0 Å². The van der Waals surface area contributed by atoms with Crippen LogP contribution >= 0.6 is 0 Å². The number of carboxylic acid groups (broad SMARTS) is 1. The molecule has 1 rings (SSSR count). The van der Waals surface area contributed by atoms with E-state index in [0.717, 1.165) is 12.0 Å². The van der Waals surface area contributed by atoms with Crippen molar-refractivity contribution in [2.24, 2.45) is 5.92 Å². The van der Waals surface area contributed by atoms with Crippen LogP contribution in [0.2, 0.25) is 0 Å². The molecule has 1 atom stereocenters. The van der Waals surface area contributed by atoms with Crippen LogP contribution in [-0.4, -0.2) is 28.5 Å². The van der Waals surface area contributed by atoms with E-state index in [1.165, 1.54) is 0 Å². The van der Waals surface area contributed by atoms with Crippen molar-refractivity contribution in [2.45, 2.75) is 26.2 Å². The lowest BCUT2D eigenvalue weighted by Crippen LogP contribution is -2.33. The smallest absolute Gasteiger partial charge is 0.308 e. The molecule has 0 aromatic carbocycles. The fourth-order valence-corrected chi connectivity index (χ4v) is 1.65. The summed E-state index contributed by atoms with van der Waals surface area (Å²) in [6.07, 6.45) is 4.86. The second kappa shape index (κ2) is 7.42. The van der Waals surface area contributed by atoms with E-state index < -0.39 is 11.9 Å². The van der Waals surface area contributed by atoms with Gasteiger partial charge in [-0.1, -0.05) is 13.3 Å². The molecular formula is C13H18N2O3. The van der Waals surface area contributed by atoms with Crippen LogP contribution < -0.4 is 5.32 Å². The van der Waals surface area contributed by atoms with Crippen molar-refractivity contribution in [3.63, 3.8) is 0 Å². The monoisotopic (exact) mass is 250 g/mol. The first kappa shape index (κ1) is 14.2. The molecule has 1 heterocycles. The normalized spacial score (nSPS) is 11.8. The zero-order valence-electron chi connectivity index (χ0n) is 10.4. The molecule has 0 saturated heterocycles. The highest BCUT2D eigenvalue weighted by molar-refractivity contribution is 5.79. The molecule has 0 radical (unpaired) electrons. The highest BCUT2D eigenvalue weighted by Gasteiger charge is 2.17. The van der Waals surface area contributed by atoms with Gasteiger partial charge in [-0.2, -0.15) is 0 Å². The maximum absolute atomic E-state index is 11.6. The number of nitrogens with one attached hydrogen (secondary N) is 1. The van der Waals surface area contributed by atoms with Gasteiger partial charge in [-0.15, -0.1) is 0 Å². The predicted molar refractivity (Wildman–Crippen MR) is 67.0 cm³/mol. The van der Waals surface area contributed by atoms with E-state index in [-0.39, 0.29) is 18.9 Å². The molecule has 5 nitrogen and oxygen atoms in total. The number of aliphatic carboxylic acids is 1. The highest BCUT2D eigenvalue weighted by atomic mass is 16.4. The number of amides is 1. The summed E-state index contributed by atoms with van der Waals surface area (Å²) in [5.74, 6) is -1.53. The van der Waals surface area contributed by atoms with Gasteiger partial charge in [-0.25, -0.2) is 0 Å². The largest absolute Gasteiger partial charge is 0.481 e. The first-order valence-electron chi connectivity index (χ1n) is 6.02. The van der Waals surface area contributed by atoms with Gasteiger partial charge in [0.05, 0.1) is 12.3 Å². The third kappa shape index (κ3) is 4.95. The van der Waals surface area contributed by atoms with Gasteiger partial charge in [0, 0.05) is 18.9 Å². The Balaban J connectivity index is 2.38. The SMILES string of the molecule is CCCC(CNC(=O)Cc1ccncc1)C(=O)O. The molecule has 1 aromatic rings. The number of carboxylic acids is 1. The Morgan fingerprint density at radius 3 is 2.61 bits per heavy atom. The Morgan fingerprint density at radius 2 is 2.06 bits per heavy atom. The van der Waals surface area contributed by atoms with Crippen molar-refractivity contribution in [1.29, 1.82) is 0 Å². The zero-order valence-corrected chi connectivity index (χ0v) is 10.4. The summed E-state index contributed by atoms with van der Waals surface area (Å²) in [7, 11) is 0. The first-order valence-corrected chi connectivity index (χ1v) is 6.02. The van der Waals surface area contributed by atoms with E-state index in [0.29, 0.717) is 6.42 Å². The van der Waals surface area contributed by atoms with E-state index >= 15 is 0 Å². The van der Waals surface area contributed by atoms with Crippen LogP contribution in [0.5, 0.6) is 0 Å². The van der Waals surface area contributed by atoms with E-state index in [9.17, 15) is 9.59 Å². The molecule has 0 saturated carbocycles. The average molecular weight is 250 g/mol. The van der Waals surface area contributed by atoms with Crippen LogP contribution in [0.1, 0.15) is 25.3 Å². The van der Waals surface area contributed by atoms with Crippen molar-refractivity contribution in [3.8, 4) is 0 Å². The average Bonchev–Trinajstić information content (AvgIpc) is 2.35. The molecule has 18 heavy (non-hydrogen) atoms. The van der Waals surface area contributed by atoms with Crippen LogP contribution in [-0.2, 0) is 16.0 Å². The van der Waals surface area contributed by atoms with Gasteiger partial charge in [0.25, 0.3) is 0 Å². The molecule has 98 valence electrons. The number of rotatable bonds is 7. The molecule has 5 heteroatoms. The first-order chi connectivity index (χ1) is 8.63. The van der Waals surface area contributed by atoms with Crippen molar-refractivity contribution in [2.75, 3.05) is 6.54 Å². The molecule has 2 N–H and O–H groups in total. The molecule has 0 aliphatic carbocycles. The lowest BCUT2D eigenvalue weighted by atomic mass is 10.0. The lowest BCUT2D eigenvalue weighted by molar-refractivity contribution is -0.141. The minimum absolute atomic E-state index is 0.163. The molecule has 1 unspecified atom stereocenters. The minimum Gasteiger partial charge on any atom is -0.481 e. The van der Waals surface area contributed by atoms with Crippen molar-refractivity contribution in [1.82, 2.24) is 10.3 Å². The summed E-state index contributed by atoms with van der Waals surface area (Å²) in [4.78, 5) is 26.4. The number of nitrogens with zero attached hydrogens (tertiary/aromatic N) is 1. The van der Waals surface area contributed by atoms with Crippen molar-refractivity contribution >= 4 is 11.9 Å². The van der Waals surface area contributed by atoms with Gasteiger partial charge in [0.1, 0.15) is 0 Å². The molecule has 1 amide bonds. The summed E-state index contributed by atoms with van der Waals surface area (Å²) in [6, 6.07) is 3.53. The standard InChI is InChI=1S/C13H18N2O3/c1-2-3-11(13(17)18)9-15-12(16)8-10-4-6-14-7-5-10/h4-7,11H,2-3,8-9H2,1H3,(H,15,16)(H,17,18). The van der Waals surface area contributed by atoms with Crippen LogP contribution in [0.3, 0.4) is 0 Å². The van der Waals surface area contributed by atoms with Crippen LogP contribution in [0.15, 0.2) is 24.5 Å². The van der Waals surface area contributed by atoms with Crippen molar-refractivity contribution < 1.29 is 14.7 Å². The van der Waals surface area contributed by atoms with Gasteiger partial charge in [-0.3, -0.25) is 14.6 Å². The summed E-state index contributed by atoms with van der Waals surface area (Å²) >= 11 is 0. The Hall–Kier alpha value is -1.91. The number of carbonyl (C=O) groups is 2. The molecule has 0 spiro atoms. The van der Waals surface area contributed by atoms with E-state index in [1.807, 2.05) is 6.92 Å². The lowest BCUT2D eigenvalue weighted by Gasteiger charge is -2.12. The molecular weight excluding hydrogens is 232 g/mol. The summed E-state index contributed by atoms with van der Waals surface area (Å²) in [6.45, 7) is 2.11.